The molecular weight excluding hydrogens is 556 g/mol. The van der Waals surface area contributed by atoms with Crippen molar-refractivity contribution >= 4 is 33.1 Å². The molecule has 6 atom stereocenters. The first-order valence-electron chi connectivity index (χ1n) is 13.0. The minimum atomic E-state index is -3.64. The number of hydrogen-bond acceptors (Lipinski definition) is 11. The van der Waals surface area contributed by atoms with Crippen molar-refractivity contribution in [3.8, 4) is 5.75 Å². The SMILES string of the molecule is C[C@H]1c2c(CS(C)(=O)=O)cc(C(C)(C)C)c(O)c2C(O)=C2C(=O)[C@]3(O)C(O)=C(C(N)=O)C(=O)[C@@H](N(C)C)[C@@H]3[C@@H](O)[C@@H]21. The van der Waals surface area contributed by atoms with E-state index in [1.807, 2.05) is 0 Å². The molecule has 1 aromatic carbocycles. The number of aliphatic hydroxyl groups is 4. The van der Waals surface area contributed by atoms with E-state index in [9.17, 15) is 48.3 Å². The number of Topliss-reactive ketones (excluding diaryl/α,β-unsaturated/α-hetero) is 2. The third kappa shape index (κ3) is 4.28. The lowest BCUT2D eigenvalue weighted by Crippen LogP contribution is -2.70. The molecule has 1 saturated carbocycles. The van der Waals surface area contributed by atoms with Crippen molar-refractivity contribution in [1.29, 1.82) is 0 Å². The second-order valence-corrected chi connectivity index (χ2v) is 14.7. The number of ketones is 2. The lowest BCUT2D eigenvalue weighted by Gasteiger charge is -2.54. The molecule has 3 aliphatic carbocycles. The Morgan fingerprint density at radius 1 is 1.15 bits per heavy atom. The van der Waals surface area contributed by atoms with Crippen LogP contribution in [0.15, 0.2) is 23.0 Å². The van der Waals surface area contributed by atoms with Crippen molar-refractivity contribution in [2.45, 2.75) is 62.5 Å². The van der Waals surface area contributed by atoms with Crippen molar-refractivity contribution in [1.82, 2.24) is 4.90 Å². The Morgan fingerprint density at radius 3 is 2.17 bits per heavy atom. The summed E-state index contributed by atoms with van der Waals surface area (Å²) in [6.45, 7) is 6.85. The number of phenols is 1. The Balaban J connectivity index is 2.14. The van der Waals surface area contributed by atoms with Crippen LogP contribution in [0.25, 0.3) is 5.76 Å². The molecule has 0 aromatic heterocycles. The van der Waals surface area contributed by atoms with E-state index in [0.717, 1.165) is 6.26 Å². The Labute approximate surface area is 237 Å². The number of rotatable bonds is 4. The summed E-state index contributed by atoms with van der Waals surface area (Å²) in [4.78, 5) is 40.9. The summed E-state index contributed by atoms with van der Waals surface area (Å²) in [5.41, 5.74) is 0.505. The number of carbonyl (C=O) groups excluding carboxylic acids is 3. The van der Waals surface area contributed by atoms with Crippen LogP contribution in [-0.2, 0) is 35.4 Å². The Bertz CT molecular complexity index is 1570. The first kappa shape index (κ1) is 30.7. The number of aromatic hydroxyl groups is 1. The van der Waals surface area contributed by atoms with Gasteiger partial charge < -0.3 is 31.3 Å². The minimum absolute atomic E-state index is 0.186. The van der Waals surface area contributed by atoms with Crippen LogP contribution < -0.4 is 5.73 Å². The van der Waals surface area contributed by atoms with Gasteiger partial charge in [-0.2, -0.15) is 0 Å². The van der Waals surface area contributed by atoms with Gasteiger partial charge in [-0.25, -0.2) is 8.42 Å². The van der Waals surface area contributed by atoms with E-state index in [-0.39, 0.29) is 22.3 Å². The van der Waals surface area contributed by atoms with Crippen LogP contribution in [0.2, 0.25) is 0 Å². The van der Waals surface area contributed by atoms with Crippen molar-refractivity contribution in [2.24, 2.45) is 17.6 Å². The zero-order chi connectivity index (χ0) is 31.3. The molecular formula is C28H36N2O10S. The van der Waals surface area contributed by atoms with Gasteiger partial charge in [0.05, 0.1) is 29.4 Å². The van der Waals surface area contributed by atoms with E-state index in [2.05, 4.69) is 0 Å². The molecule has 4 rings (SSSR count). The zero-order valence-corrected chi connectivity index (χ0v) is 24.7. The topological polar surface area (TPSA) is 216 Å². The summed E-state index contributed by atoms with van der Waals surface area (Å²) in [7, 11) is -0.808. The fourth-order valence-electron chi connectivity index (χ4n) is 6.84. The summed E-state index contributed by atoms with van der Waals surface area (Å²) < 4.78 is 24.9. The predicted octanol–water partition coefficient (Wildman–Crippen LogP) is 0.338. The lowest BCUT2D eigenvalue weighted by atomic mass is 9.54. The fourth-order valence-corrected chi connectivity index (χ4v) is 7.65. The highest BCUT2D eigenvalue weighted by Crippen LogP contribution is 2.57. The first-order valence-corrected chi connectivity index (χ1v) is 15.0. The average Bonchev–Trinajstić information content (AvgIpc) is 2.80. The smallest absolute Gasteiger partial charge is 0.255 e. The molecule has 0 aliphatic heterocycles. The number of phenolic OH excluding ortho intramolecular Hbond substituents is 1. The molecule has 1 aromatic rings. The fraction of sp³-hybridized carbons (Fsp3) is 0.536. The molecule has 1 amide bonds. The molecule has 13 heteroatoms. The summed E-state index contributed by atoms with van der Waals surface area (Å²) in [5, 5.41) is 57.6. The third-order valence-electron chi connectivity index (χ3n) is 8.54. The maximum absolute atomic E-state index is 14.2. The van der Waals surface area contributed by atoms with E-state index in [0.29, 0.717) is 0 Å². The van der Waals surface area contributed by atoms with E-state index in [1.165, 1.54) is 25.1 Å². The number of hydrogen-bond donors (Lipinski definition) is 6. The van der Waals surface area contributed by atoms with E-state index < -0.39 is 102 Å². The van der Waals surface area contributed by atoms with Gasteiger partial charge in [-0.1, -0.05) is 33.8 Å². The second-order valence-electron chi connectivity index (χ2n) is 12.6. The van der Waals surface area contributed by atoms with Gasteiger partial charge in [0, 0.05) is 23.3 Å². The number of primary amides is 1. The number of carbonyl (C=O) groups is 3. The Hall–Kier alpha value is -3.26. The Kier molecular flexibility index (Phi) is 7.02. The van der Waals surface area contributed by atoms with Gasteiger partial charge >= 0.3 is 0 Å². The molecule has 0 saturated heterocycles. The number of nitrogens with zero attached hydrogens (tertiary/aromatic N) is 1. The van der Waals surface area contributed by atoms with Gasteiger partial charge in [-0.05, 0) is 36.6 Å². The Morgan fingerprint density at radius 2 is 1.71 bits per heavy atom. The monoisotopic (exact) mass is 592 g/mol. The average molecular weight is 593 g/mol. The number of fused-ring (bicyclic) bond motifs is 3. The molecule has 0 radical (unpaired) electrons. The van der Waals surface area contributed by atoms with Gasteiger partial charge in [-0.3, -0.25) is 19.3 Å². The van der Waals surface area contributed by atoms with Gasteiger partial charge in [0.2, 0.25) is 5.78 Å². The molecule has 7 N–H and O–H groups in total. The van der Waals surface area contributed by atoms with Crippen molar-refractivity contribution < 1.29 is 48.3 Å². The van der Waals surface area contributed by atoms with Crippen molar-refractivity contribution in [2.75, 3.05) is 20.4 Å². The van der Waals surface area contributed by atoms with Crippen LogP contribution in [0.1, 0.15) is 55.9 Å². The van der Waals surface area contributed by atoms with Gasteiger partial charge in [0.15, 0.2) is 21.2 Å². The van der Waals surface area contributed by atoms with Crippen molar-refractivity contribution in [3.05, 3.63) is 45.2 Å². The highest BCUT2D eigenvalue weighted by molar-refractivity contribution is 7.89. The van der Waals surface area contributed by atoms with Crippen LogP contribution in [0.4, 0.5) is 0 Å². The van der Waals surface area contributed by atoms with Crippen LogP contribution >= 0.6 is 0 Å². The molecule has 3 aliphatic rings. The molecule has 12 nitrogen and oxygen atoms in total. The molecule has 41 heavy (non-hydrogen) atoms. The third-order valence-corrected chi connectivity index (χ3v) is 9.37. The van der Waals surface area contributed by atoms with Crippen LogP contribution in [-0.4, -0.2) is 94.4 Å². The maximum atomic E-state index is 14.2. The molecule has 1 fully saturated rings. The van der Waals surface area contributed by atoms with Crippen LogP contribution in [0.5, 0.6) is 5.75 Å². The van der Waals surface area contributed by atoms with Gasteiger partial charge in [0.1, 0.15) is 22.8 Å². The van der Waals surface area contributed by atoms with Crippen LogP contribution in [0, 0.1) is 11.8 Å². The molecule has 0 bridgehead atoms. The molecule has 0 heterocycles. The van der Waals surface area contributed by atoms with Crippen LogP contribution in [0.3, 0.4) is 0 Å². The standard InChI is InChI=1S/C28H36N2O10S/c1-10-13-11(9-41(7,39)40)8-12(27(2,3)4)20(31)15(13)21(32)16-14(10)22(33)18-19(30(5)6)23(34)17(26(29)37)25(36)28(18,38)24(16)35/h8,10,14,18-19,22,31-33,36,38H,9H2,1-7H3,(H2,29,37)/t10-,14+,18+,19-,22-,28-/m0/s1. The highest BCUT2D eigenvalue weighted by Gasteiger charge is 2.68. The highest BCUT2D eigenvalue weighted by atomic mass is 32.2. The number of likely N-dealkylation sites (N-methyl/N-ethyl adjacent to an activating group) is 1. The number of aliphatic hydroxyl groups excluding tert-OH is 3. The number of amides is 1. The van der Waals surface area contributed by atoms with E-state index in [4.69, 9.17) is 5.73 Å². The van der Waals surface area contributed by atoms with Gasteiger partial charge in [0.25, 0.3) is 5.91 Å². The zero-order valence-electron chi connectivity index (χ0n) is 23.9. The number of nitrogens with two attached hydrogens (primary N) is 1. The maximum Gasteiger partial charge on any atom is 0.255 e. The summed E-state index contributed by atoms with van der Waals surface area (Å²) in [6.07, 6.45) is -0.751. The largest absolute Gasteiger partial charge is 0.508 e. The van der Waals surface area contributed by atoms with E-state index >= 15 is 0 Å². The number of benzene rings is 1. The number of sulfone groups is 1. The van der Waals surface area contributed by atoms with Crippen molar-refractivity contribution in [3.63, 3.8) is 0 Å². The normalized spacial score (nSPS) is 30.3. The second kappa shape index (κ2) is 9.38. The lowest BCUT2D eigenvalue weighted by molar-refractivity contribution is -0.169. The quantitative estimate of drug-likeness (QED) is 0.262. The van der Waals surface area contributed by atoms with E-state index in [1.54, 1.807) is 27.7 Å². The summed E-state index contributed by atoms with van der Waals surface area (Å²) in [6, 6.07) is 0.0412. The molecule has 0 unspecified atom stereocenters. The molecule has 224 valence electrons. The first-order chi connectivity index (χ1) is 18.6. The predicted molar refractivity (Wildman–Crippen MR) is 148 cm³/mol. The molecule has 0 spiro atoms. The summed E-state index contributed by atoms with van der Waals surface area (Å²) >= 11 is 0. The summed E-state index contributed by atoms with van der Waals surface area (Å²) in [5.74, 6) is -10.6. The minimum Gasteiger partial charge on any atom is -0.508 e. The van der Waals surface area contributed by atoms with Gasteiger partial charge in [-0.15, -0.1) is 0 Å².